The van der Waals surface area contributed by atoms with Crippen LogP contribution in [0.2, 0.25) is 0 Å². The molecule has 1 aromatic carbocycles. The summed E-state index contributed by atoms with van der Waals surface area (Å²) in [4.78, 5) is 10.4. The monoisotopic (exact) mass is 260 g/mol. The number of benzene rings is 1. The molecule has 0 aromatic heterocycles. The smallest absolute Gasteiger partial charge is 0.231 e. The van der Waals surface area contributed by atoms with E-state index in [0.29, 0.717) is 11.0 Å². The second-order valence-corrected chi connectivity index (χ2v) is 3.67. The van der Waals surface area contributed by atoms with Crippen molar-refractivity contribution >= 4 is 21.8 Å². The molecule has 0 aliphatic heterocycles. The number of carbonyl (C=O) groups is 1. The third-order valence-corrected chi connectivity index (χ3v) is 2.26. The van der Waals surface area contributed by atoms with Crippen LogP contribution < -0.4 is 11.1 Å². The Morgan fingerprint density at radius 1 is 1.57 bits per heavy atom. The molecular formula is C9H10BrFN2O. The van der Waals surface area contributed by atoms with Gasteiger partial charge < -0.3 is 11.1 Å². The minimum atomic E-state index is -0.428. The molecule has 0 bridgehead atoms. The van der Waals surface area contributed by atoms with Gasteiger partial charge in [-0.2, -0.15) is 0 Å². The van der Waals surface area contributed by atoms with E-state index >= 15 is 0 Å². The highest BCUT2D eigenvalue weighted by Gasteiger charge is 2.00. The molecule has 0 heterocycles. The van der Waals surface area contributed by atoms with Crippen LogP contribution >= 0.6 is 15.9 Å². The average molecular weight is 261 g/mol. The molecule has 0 aliphatic carbocycles. The fourth-order valence-corrected chi connectivity index (χ4v) is 1.23. The van der Waals surface area contributed by atoms with Gasteiger partial charge in [-0.3, -0.25) is 4.79 Å². The number of halogens is 2. The molecule has 0 saturated heterocycles. The lowest BCUT2D eigenvalue weighted by Gasteiger charge is -2.03. The second-order valence-electron chi connectivity index (χ2n) is 2.82. The molecule has 0 aliphatic rings. The van der Waals surface area contributed by atoms with Gasteiger partial charge in [-0.1, -0.05) is 6.07 Å². The van der Waals surface area contributed by atoms with Crippen LogP contribution in [0.3, 0.4) is 0 Å². The van der Waals surface area contributed by atoms with Crippen molar-refractivity contribution in [3.05, 3.63) is 34.1 Å². The lowest BCUT2D eigenvalue weighted by molar-refractivity contribution is -0.117. The number of primary amides is 1. The van der Waals surface area contributed by atoms with Crippen LogP contribution in [-0.4, -0.2) is 12.5 Å². The minimum absolute atomic E-state index is 0.0949. The van der Waals surface area contributed by atoms with Crippen LogP contribution in [0.25, 0.3) is 0 Å². The molecule has 14 heavy (non-hydrogen) atoms. The fourth-order valence-electron chi connectivity index (χ4n) is 0.980. The summed E-state index contributed by atoms with van der Waals surface area (Å²) in [6.45, 7) is 0.519. The Labute approximate surface area is 89.6 Å². The highest BCUT2D eigenvalue weighted by Crippen LogP contribution is 2.15. The molecule has 1 rings (SSSR count). The Balaban J connectivity index is 2.51. The summed E-state index contributed by atoms with van der Waals surface area (Å²) in [6, 6.07) is 4.79. The zero-order valence-electron chi connectivity index (χ0n) is 7.39. The first-order valence-electron chi connectivity index (χ1n) is 4.02. The van der Waals surface area contributed by atoms with Gasteiger partial charge in [0.1, 0.15) is 5.82 Å². The van der Waals surface area contributed by atoms with Crippen molar-refractivity contribution in [2.45, 2.75) is 6.54 Å². The van der Waals surface area contributed by atoms with Crippen LogP contribution in [0.4, 0.5) is 4.39 Å². The van der Waals surface area contributed by atoms with Crippen molar-refractivity contribution in [1.82, 2.24) is 5.32 Å². The van der Waals surface area contributed by atoms with Crippen LogP contribution in [0.15, 0.2) is 22.7 Å². The van der Waals surface area contributed by atoms with E-state index in [-0.39, 0.29) is 12.4 Å². The van der Waals surface area contributed by atoms with E-state index in [2.05, 4.69) is 21.2 Å². The van der Waals surface area contributed by atoms with Gasteiger partial charge in [-0.25, -0.2) is 4.39 Å². The zero-order chi connectivity index (χ0) is 10.6. The van der Waals surface area contributed by atoms with Crippen LogP contribution in [0.1, 0.15) is 5.56 Å². The third kappa shape index (κ3) is 3.43. The van der Waals surface area contributed by atoms with Crippen molar-refractivity contribution < 1.29 is 9.18 Å². The Morgan fingerprint density at radius 2 is 2.29 bits per heavy atom. The predicted octanol–water partition coefficient (Wildman–Crippen LogP) is 1.16. The topological polar surface area (TPSA) is 55.1 Å². The Morgan fingerprint density at radius 3 is 2.86 bits per heavy atom. The van der Waals surface area contributed by atoms with Gasteiger partial charge in [0.25, 0.3) is 0 Å². The number of hydrogen-bond acceptors (Lipinski definition) is 2. The van der Waals surface area contributed by atoms with E-state index in [9.17, 15) is 9.18 Å². The van der Waals surface area contributed by atoms with Crippen LogP contribution in [-0.2, 0) is 11.3 Å². The van der Waals surface area contributed by atoms with Gasteiger partial charge in [0.05, 0.1) is 11.0 Å². The van der Waals surface area contributed by atoms with Crippen LogP contribution in [0.5, 0.6) is 0 Å². The summed E-state index contributed by atoms with van der Waals surface area (Å²) in [5, 5.41) is 2.79. The maximum atomic E-state index is 13.0. The maximum Gasteiger partial charge on any atom is 0.231 e. The molecule has 1 aromatic rings. The van der Waals surface area contributed by atoms with E-state index in [1.807, 2.05) is 0 Å². The van der Waals surface area contributed by atoms with Crippen molar-refractivity contribution in [3.63, 3.8) is 0 Å². The van der Waals surface area contributed by atoms with Crippen molar-refractivity contribution in [2.75, 3.05) is 6.54 Å². The number of hydrogen-bond donors (Lipinski definition) is 2. The molecule has 0 saturated carbocycles. The summed E-state index contributed by atoms with van der Waals surface area (Å²) >= 11 is 3.05. The lowest BCUT2D eigenvalue weighted by atomic mass is 10.2. The third-order valence-electron chi connectivity index (χ3n) is 1.61. The van der Waals surface area contributed by atoms with E-state index in [0.717, 1.165) is 5.56 Å². The molecule has 3 nitrogen and oxygen atoms in total. The molecule has 3 N–H and O–H groups in total. The normalized spacial score (nSPS) is 10.1. The standard InChI is InChI=1S/C9H10BrFN2O/c10-7-2-1-6(3-8(7)11)4-13-5-9(12)14/h1-3,13H,4-5H2,(H2,12,14). The van der Waals surface area contributed by atoms with E-state index in [1.54, 1.807) is 12.1 Å². The molecule has 76 valence electrons. The molecule has 0 radical (unpaired) electrons. The lowest BCUT2D eigenvalue weighted by Crippen LogP contribution is -2.28. The fraction of sp³-hybridized carbons (Fsp3) is 0.222. The molecule has 0 atom stereocenters. The SMILES string of the molecule is NC(=O)CNCc1ccc(Br)c(F)c1. The number of rotatable bonds is 4. The minimum Gasteiger partial charge on any atom is -0.369 e. The maximum absolute atomic E-state index is 13.0. The quantitative estimate of drug-likeness (QED) is 0.854. The average Bonchev–Trinajstić information content (AvgIpc) is 2.10. The van der Waals surface area contributed by atoms with Gasteiger partial charge in [0.15, 0.2) is 0 Å². The van der Waals surface area contributed by atoms with Crippen molar-refractivity contribution in [2.24, 2.45) is 5.73 Å². The summed E-state index contributed by atoms with van der Waals surface area (Å²) < 4.78 is 13.4. The summed E-state index contributed by atoms with van der Waals surface area (Å²) in [5.41, 5.74) is 5.70. The van der Waals surface area contributed by atoms with Gasteiger partial charge in [0.2, 0.25) is 5.91 Å². The summed E-state index contributed by atoms with van der Waals surface area (Å²) in [6.07, 6.45) is 0. The molecular weight excluding hydrogens is 251 g/mol. The van der Waals surface area contributed by atoms with Crippen LogP contribution in [0, 0.1) is 5.82 Å². The van der Waals surface area contributed by atoms with Gasteiger partial charge in [0, 0.05) is 6.54 Å². The zero-order valence-corrected chi connectivity index (χ0v) is 8.97. The Bertz CT molecular complexity index is 344. The molecule has 5 heteroatoms. The molecule has 0 unspecified atom stereocenters. The number of carbonyl (C=O) groups excluding carboxylic acids is 1. The first-order chi connectivity index (χ1) is 6.59. The Kier molecular flexibility index (Phi) is 4.03. The molecule has 0 spiro atoms. The number of amides is 1. The van der Waals surface area contributed by atoms with Gasteiger partial charge in [-0.05, 0) is 33.6 Å². The van der Waals surface area contributed by atoms with E-state index < -0.39 is 5.91 Å². The molecule has 1 amide bonds. The summed E-state index contributed by atoms with van der Waals surface area (Å²) in [7, 11) is 0. The number of nitrogens with one attached hydrogen (secondary N) is 1. The first-order valence-corrected chi connectivity index (χ1v) is 4.82. The van der Waals surface area contributed by atoms with E-state index in [1.165, 1.54) is 6.07 Å². The first kappa shape index (κ1) is 11.1. The summed E-state index contributed by atoms with van der Waals surface area (Å²) in [5.74, 6) is -0.744. The number of nitrogens with two attached hydrogens (primary N) is 1. The predicted molar refractivity (Wildman–Crippen MR) is 55.0 cm³/mol. The van der Waals surface area contributed by atoms with Gasteiger partial charge in [-0.15, -0.1) is 0 Å². The molecule has 0 fully saturated rings. The van der Waals surface area contributed by atoms with Crippen molar-refractivity contribution in [3.8, 4) is 0 Å². The highest BCUT2D eigenvalue weighted by atomic mass is 79.9. The second kappa shape index (κ2) is 5.07. The van der Waals surface area contributed by atoms with Gasteiger partial charge >= 0.3 is 0 Å². The Hall–Kier alpha value is -0.940. The largest absolute Gasteiger partial charge is 0.369 e. The van der Waals surface area contributed by atoms with E-state index in [4.69, 9.17) is 5.73 Å². The van der Waals surface area contributed by atoms with Crippen molar-refractivity contribution in [1.29, 1.82) is 0 Å². The highest BCUT2D eigenvalue weighted by molar-refractivity contribution is 9.10.